The molecular weight excluding hydrogens is 380 g/mol. The molecule has 0 aromatic carbocycles. The van der Waals surface area contributed by atoms with E-state index in [0.29, 0.717) is 12.0 Å². The second kappa shape index (κ2) is 18.4. The Bertz CT molecular complexity index is 396. The molecule has 0 aliphatic heterocycles. The first-order valence-corrected chi connectivity index (χ1v) is 14.4. The molecule has 0 saturated heterocycles. The normalized spacial score (nSPS) is 26.5. The fourth-order valence-corrected chi connectivity index (χ4v) is 5.93. The van der Waals surface area contributed by atoms with Crippen LogP contribution in [0.5, 0.6) is 0 Å². The van der Waals surface area contributed by atoms with Gasteiger partial charge in [-0.2, -0.15) is 0 Å². The molecule has 0 aromatic heterocycles. The first kappa shape index (κ1) is 27.2. The fraction of sp³-hybridized carbons (Fsp3) is 0.966. The fourth-order valence-electron chi connectivity index (χ4n) is 5.93. The Hall–Kier alpha value is -0.0800. The van der Waals surface area contributed by atoms with E-state index < -0.39 is 0 Å². The van der Waals surface area contributed by atoms with Gasteiger partial charge in [-0.15, -0.1) is 0 Å². The van der Waals surface area contributed by atoms with Gasteiger partial charge >= 0.3 is 0 Å². The van der Waals surface area contributed by atoms with Crippen molar-refractivity contribution in [1.82, 2.24) is 0 Å². The van der Waals surface area contributed by atoms with Crippen LogP contribution in [0.25, 0.3) is 0 Å². The molecular formula is C29H54O2. The van der Waals surface area contributed by atoms with Gasteiger partial charge in [-0.3, -0.25) is 0 Å². The third-order valence-electron chi connectivity index (χ3n) is 8.07. The number of rotatable bonds is 18. The summed E-state index contributed by atoms with van der Waals surface area (Å²) in [4.78, 5) is 0. The standard InChI is InChI=1S/C29H54O2/c1-2-3-4-5-6-7-8-9-10-11-12-13-14-15-16-17-25-31-29-24-23-28(30)26-19-18-20-27(29)22-21-26/h26-29H,1-25H2. The lowest BCUT2D eigenvalue weighted by atomic mass is 9.84. The summed E-state index contributed by atoms with van der Waals surface area (Å²) in [6.07, 6.45) is 30.1. The first-order valence-electron chi connectivity index (χ1n) is 14.4. The smallest absolute Gasteiger partial charge is 0.0959 e. The van der Waals surface area contributed by atoms with Crippen LogP contribution in [0, 0.1) is 18.8 Å². The molecule has 0 N–H and O–H groups in total. The van der Waals surface area contributed by atoms with Crippen molar-refractivity contribution in [2.75, 3.05) is 6.61 Å². The molecule has 0 heterocycles. The highest BCUT2D eigenvalue weighted by Gasteiger charge is 2.33. The van der Waals surface area contributed by atoms with E-state index in [9.17, 15) is 5.11 Å². The summed E-state index contributed by atoms with van der Waals surface area (Å²) in [5.41, 5.74) is 0. The second-order valence-electron chi connectivity index (χ2n) is 10.7. The van der Waals surface area contributed by atoms with Gasteiger partial charge in [-0.25, -0.2) is 5.11 Å². The molecule has 2 aliphatic rings. The largest absolute Gasteiger partial charge is 0.378 e. The third-order valence-corrected chi connectivity index (χ3v) is 8.07. The van der Waals surface area contributed by atoms with Crippen molar-refractivity contribution in [3.05, 3.63) is 6.92 Å². The molecule has 2 rings (SSSR count). The zero-order valence-electron chi connectivity index (χ0n) is 20.8. The quantitative estimate of drug-likeness (QED) is 0.198. The van der Waals surface area contributed by atoms with E-state index in [1.165, 1.54) is 122 Å². The Morgan fingerprint density at radius 1 is 0.548 bits per heavy atom. The molecule has 4 unspecified atom stereocenters. The highest BCUT2D eigenvalue weighted by Crippen LogP contribution is 2.37. The van der Waals surface area contributed by atoms with E-state index in [2.05, 4.69) is 6.92 Å². The van der Waals surface area contributed by atoms with E-state index in [-0.39, 0.29) is 6.10 Å². The summed E-state index contributed by atoms with van der Waals surface area (Å²) >= 11 is 0. The van der Waals surface area contributed by atoms with Crippen LogP contribution in [-0.2, 0) is 9.84 Å². The number of hydrogen-bond acceptors (Lipinski definition) is 1. The van der Waals surface area contributed by atoms with Gasteiger partial charge < -0.3 is 4.74 Å². The van der Waals surface area contributed by atoms with Crippen LogP contribution in [-0.4, -0.2) is 18.8 Å². The van der Waals surface area contributed by atoms with Crippen molar-refractivity contribution < 1.29 is 9.84 Å². The molecule has 2 heteroatoms. The topological polar surface area (TPSA) is 29.1 Å². The Labute approximate surface area is 195 Å². The molecule has 0 aromatic rings. The van der Waals surface area contributed by atoms with Crippen molar-refractivity contribution in [3.8, 4) is 0 Å². The third kappa shape index (κ3) is 12.7. The average Bonchev–Trinajstić information content (AvgIpc) is 3.00. The van der Waals surface area contributed by atoms with Gasteiger partial charge in [-0.05, 0) is 56.8 Å². The summed E-state index contributed by atoms with van der Waals surface area (Å²) in [6.45, 7) is 4.83. The molecule has 2 radical (unpaired) electrons. The lowest BCUT2D eigenvalue weighted by molar-refractivity contribution is -0.0368. The van der Waals surface area contributed by atoms with Crippen LogP contribution >= 0.6 is 0 Å². The van der Waals surface area contributed by atoms with Gasteiger partial charge in [0.05, 0.1) is 12.2 Å². The van der Waals surface area contributed by atoms with E-state index in [4.69, 9.17) is 4.74 Å². The van der Waals surface area contributed by atoms with Crippen LogP contribution in [0.3, 0.4) is 0 Å². The van der Waals surface area contributed by atoms with E-state index >= 15 is 0 Å². The summed E-state index contributed by atoms with van der Waals surface area (Å²) in [5.74, 6) is 1.19. The lowest BCUT2D eigenvalue weighted by Gasteiger charge is -2.30. The number of hydrogen-bond donors (Lipinski definition) is 0. The summed E-state index contributed by atoms with van der Waals surface area (Å²) in [7, 11) is 0. The minimum atomic E-state index is -0.321. The van der Waals surface area contributed by atoms with Crippen molar-refractivity contribution in [2.45, 2.75) is 160 Å². The number of unbranched alkanes of at least 4 members (excludes halogenated alkanes) is 15. The van der Waals surface area contributed by atoms with E-state index in [1.807, 2.05) is 0 Å². The van der Waals surface area contributed by atoms with E-state index in [0.717, 1.165) is 38.2 Å². The van der Waals surface area contributed by atoms with E-state index in [1.54, 1.807) is 0 Å². The Kier molecular flexibility index (Phi) is 16.1. The maximum absolute atomic E-state index is 12.4. The minimum absolute atomic E-state index is 0.321. The van der Waals surface area contributed by atoms with Gasteiger partial charge in [-0.1, -0.05) is 110 Å². The van der Waals surface area contributed by atoms with Gasteiger partial charge in [0.1, 0.15) is 0 Å². The van der Waals surface area contributed by atoms with Crippen molar-refractivity contribution in [3.63, 3.8) is 0 Å². The SMILES string of the molecule is [CH2]CCCCCCCCCCCCCCCCCOC1CCC([O])C2CCCC1CC2. The molecule has 0 amide bonds. The molecule has 2 bridgehead atoms. The molecule has 4 atom stereocenters. The monoisotopic (exact) mass is 434 g/mol. The maximum atomic E-state index is 12.4. The molecule has 2 nitrogen and oxygen atoms in total. The Balaban J connectivity index is 1.34. The number of fused-ring (bicyclic) bond motifs is 3. The van der Waals surface area contributed by atoms with Crippen molar-refractivity contribution in [2.24, 2.45) is 11.8 Å². The second-order valence-corrected chi connectivity index (χ2v) is 10.7. The zero-order chi connectivity index (χ0) is 22.0. The Morgan fingerprint density at radius 2 is 1.03 bits per heavy atom. The van der Waals surface area contributed by atoms with Crippen LogP contribution < -0.4 is 0 Å². The summed E-state index contributed by atoms with van der Waals surface area (Å²) in [6, 6.07) is 0. The number of ether oxygens (including phenoxy) is 1. The van der Waals surface area contributed by atoms with Crippen molar-refractivity contribution in [1.29, 1.82) is 0 Å². The summed E-state index contributed by atoms with van der Waals surface area (Å²) < 4.78 is 6.33. The zero-order valence-corrected chi connectivity index (χ0v) is 20.8. The maximum Gasteiger partial charge on any atom is 0.0959 e. The molecule has 2 saturated carbocycles. The van der Waals surface area contributed by atoms with Crippen molar-refractivity contribution >= 4 is 0 Å². The molecule has 2 fully saturated rings. The van der Waals surface area contributed by atoms with Crippen LogP contribution in [0.4, 0.5) is 0 Å². The van der Waals surface area contributed by atoms with Crippen LogP contribution in [0.2, 0.25) is 0 Å². The van der Waals surface area contributed by atoms with Crippen LogP contribution in [0.15, 0.2) is 0 Å². The highest BCUT2D eigenvalue weighted by atomic mass is 16.5. The Morgan fingerprint density at radius 3 is 1.61 bits per heavy atom. The highest BCUT2D eigenvalue weighted by molar-refractivity contribution is 4.84. The minimum Gasteiger partial charge on any atom is -0.378 e. The summed E-state index contributed by atoms with van der Waals surface area (Å²) in [5, 5.41) is 12.4. The van der Waals surface area contributed by atoms with Gasteiger partial charge in [0, 0.05) is 6.61 Å². The van der Waals surface area contributed by atoms with Gasteiger partial charge in [0.2, 0.25) is 0 Å². The molecule has 0 spiro atoms. The lowest BCUT2D eigenvalue weighted by Crippen LogP contribution is -2.29. The van der Waals surface area contributed by atoms with Crippen LogP contribution in [0.1, 0.15) is 148 Å². The molecule has 2 aliphatic carbocycles. The van der Waals surface area contributed by atoms with Gasteiger partial charge in [0.15, 0.2) is 0 Å². The predicted molar refractivity (Wildman–Crippen MR) is 133 cm³/mol. The first-order chi connectivity index (χ1) is 15.3. The predicted octanol–water partition coefficient (Wildman–Crippen LogP) is 9.24. The van der Waals surface area contributed by atoms with Gasteiger partial charge in [0.25, 0.3) is 0 Å². The molecule has 182 valence electrons. The average molecular weight is 435 g/mol. The molecule has 31 heavy (non-hydrogen) atoms.